The first kappa shape index (κ1) is 26.0. The molecule has 4 aromatic carbocycles. The zero-order valence-corrected chi connectivity index (χ0v) is 20.2. The number of amides is 2. The van der Waals surface area contributed by atoms with Gasteiger partial charge in [-0.1, -0.05) is 66.7 Å². The van der Waals surface area contributed by atoms with E-state index in [1.807, 2.05) is 60.7 Å². The lowest BCUT2D eigenvalue weighted by molar-refractivity contribution is -0.126. The molecule has 0 aromatic heterocycles. The maximum absolute atomic E-state index is 13.3. The molecule has 0 bridgehead atoms. The van der Waals surface area contributed by atoms with Gasteiger partial charge in [0.05, 0.1) is 24.2 Å². The van der Waals surface area contributed by atoms with Crippen molar-refractivity contribution in [3.63, 3.8) is 0 Å². The van der Waals surface area contributed by atoms with E-state index in [2.05, 4.69) is 15.8 Å². The van der Waals surface area contributed by atoms with Gasteiger partial charge < -0.3 is 10.1 Å². The number of halogens is 1. The third-order valence-corrected chi connectivity index (χ3v) is 5.51. The number of nitrogens with one attached hydrogen (secondary N) is 2. The second-order valence-corrected chi connectivity index (χ2v) is 8.23. The third-order valence-electron chi connectivity index (χ3n) is 5.51. The van der Waals surface area contributed by atoms with Crippen LogP contribution in [0.3, 0.4) is 0 Å². The monoisotopic (exact) mass is 509 g/mol. The lowest BCUT2D eigenvalue weighted by Gasteiger charge is -2.17. The highest BCUT2D eigenvalue weighted by molar-refractivity contribution is 5.92. The van der Waals surface area contributed by atoms with E-state index in [-0.39, 0.29) is 23.8 Å². The Morgan fingerprint density at radius 3 is 2.05 bits per heavy atom. The van der Waals surface area contributed by atoms with Crippen LogP contribution in [0.5, 0.6) is 5.75 Å². The van der Waals surface area contributed by atoms with Crippen LogP contribution in [0, 0.1) is 5.82 Å². The van der Waals surface area contributed by atoms with E-state index < -0.39 is 23.6 Å². The molecule has 0 spiro atoms. The number of esters is 1. The van der Waals surface area contributed by atoms with Crippen LogP contribution < -0.4 is 15.5 Å². The molecular weight excluding hydrogens is 485 g/mol. The largest absolute Gasteiger partial charge is 0.423 e. The van der Waals surface area contributed by atoms with E-state index in [4.69, 9.17) is 4.74 Å². The molecule has 2 N–H and O–H groups in total. The Kier molecular flexibility index (Phi) is 8.70. The van der Waals surface area contributed by atoms with E-state index in [9.17, 15) is 18.8 Å². The van der Waals surface area contributed by atoms with Gasteiger partial charge in [0.2, 0.25) is 5.91 Å². The van der Waals surface area contributed by atoms with Crippen molar-refractivity contribution in [1.82, 2.24) is 10.7 Å². The Morgan fingerprint density at radius 2 is 1.45 bits per heavy atom. The summed E-state index contributed by atoms with van der Waals surface area (Å²) in [6.07, 6.45) is 1.41. The molecule has 0 heterocycles. The highest BCUT2D eigenvalue weighted by atomic mass is 19.1. The van der Waals surface area contributed by atoms with Crippen LogP contribution in [0.25, 0.3) is 0 Å². The molecule has 2 amide bonds. The number of carbonyl (C=O) groups is 3. The minimum atomic E-state index is -0.679. The van der Waals surface area contributed by atoms with Crippen molar-refractivity contribution < 1.29 is 23.5 Å². The van der Waals surface area contributed by atoms with Gasteiger partial charge in [-0.15, -0.1) is 0 Å². The van der Waals surface area contributed by atoms with Crippen LogP contribution in [-0.4, -0.2) is 30.5 Å². The molecule has 0 fully saturated rings. The first-order valence-electron chi connectivity index (χ1n) is 11.8. The Hall–Kier alpha value is -5.11. The van der Waals surface area contributed by atoms with Crippen molar-refractivity contribution in [2.75, 3.05) is 6.54 Å². The molecular formula is C30H24FN3O4. The molecule has 0 atom stereocenters. The summed E-state index contributed by atoms with van der Waals surface area (Å²) in [6, 6.07) is 30.3. The Morgan fingerprint density at radius 1 is 0.816 bits per heavy atom. The number of benzene rings is 4. The summed E-state index contributed by atoms with van der Waals surface area (Å²) >= 11 is 0. The van der Waals surface area contributed by atoms with Gasteiger partial charge in [-0.3, -0.25) is 9.59 Å². The van der Waals surface area contributed by atoms with Gasteiger partial charge in [0.25, 0.3) is 5.91 Å². The van der Waals surface area contributed by atoms with Crippen molar-refractivity contribution in [3.8, 4) is 5.75 Å². The smallest absolute Gasteiger partial charge is 0.343 e. The molecule has 4 rings (SSSR count). The lowest BCUT2D eigenvalue weighted by atomic mass is 9.90. The van der Waals surface area contributed by atoms with Crippen molar-refractivity contribution in [1.29, 1.82) is 0 Å². The number of hydrogen-bond donors (Lipinski definition) is 2. The van der Waals surface area contributed by atoms with Crippen molar-refractivity contribution in [2.45, 2.75) is 5.92 Å². The molecule has 7 nitrogen and oxygen atoms in total. The average Bonchev–Trinajstić information content (AvgIpc) is 2.94. The molecule has 0 unspecified atom stereocenters. The Labute approximate surface area is 219 Å². The lowest BCUT2D eigenvalue weighted by Crippen LogP contribution is -2.37. The second kappa shape index (κ2) is 12.7. The topological polar surface area (TPSA) is 96.9 Å². The molecule has 0 aliphatic carbocycles. The van der Waals surface area contributed by atoms with Gasteiger partial charge in [-0.05, 0) is 59.2 Å². The van der Waals surface area contributed by atoms with Gasteiger partial charge in [-0.2, -0.15) is 5.10 Å². The van der Waals surface area contributed by atoms with E-state index in [0.29, 0.717) is 5.56 Å². The van der Waals surface area contributed by atoms with Gasteiger partial charge in [0.1, 0.15) is 11.6 Å². The van der Waals surface area contributed by atoms with Crippen molar-refractivity contribution in [3.05, 3.63) is 137 Å². The zero-order valence-electron chi connectivity index (χ0n) is 20.2. The fraction of sp³-hybridized carbons (Fsp3) is 0.0667. The summed E-state index contributed by atoms with van der Waals surface area (Å²) in [7, 11) is 0. The highest BCUT2D eigenvalue weighted by Crippen LogP contribution is 2.24. The third kappa shape index (κ3) is 7.20. The van der Waals surface area contributed by atoms with Crippen LogP contribution in [0.2, 0.25) is 0 Å². The Balaban J connectivity index is 1.28. The van der Waals surface area contributed by atoms with Gasteiger partial charge >= 0.3 is 5.97 Å². The fourth-order valence-electron chi connectivity index (χ4n) is 3.68. The summed E-state index contributed by atoms with van der Waals surface area (Å²) in [6.45, 7) is -0.249. The van der Waals surface area contributed by atoms with E-state index in [1.165, 1.54) is 24.4 Å². The number of rotatable bonds is 9. The van der Waals surface area contributed by atoms with Crippen LogP contribution in [0.15, 0.2) is 114 Å². The maximum Gasteiger partial charge on any atom is 0.343 e. The van der Waals surface area contributed by atoms with E-state index in [0.717, 1.165) is 17.2 Å². The number of hydrazone groups is 1. The number of ether oxygens (including phenoxy) is 1. The summed E-state index contributed by atoms with van der Waals surface area (Å²) in [5, 5.41) is 6.58. The molecule has 0 aliphatic rings. The number of carbonyl (C=O) groups excluding carboxylic acids is 3. The SMILES string of the molecule is O=C(CNC(=O)C(c1ccccc1)c1ccccc1)N/N=C/c1ccc(OC(=O)c2cccc(F)c2)cc1. The first-order chi connectivity index (χ1) is 18.5. The fourth-order valence-corrected chi connectivity index (χ4v) is 3.68. The highest BCUT2D eigenvalue weighted by Gasteiger charge is 2.22. The summed E-state index contributed by atoms with van der Waals surface area (Å²) in [4.78, 5) is 37.3. The van der Waals surface area contributed by atoms with Crippen LogP contribution >= 0.6 is 0 Å². The first-order valence-corrected chi connectivity index (χ1v) is 11.8. The van der Waals surface area contributed by atoms with Crippen LogP contribution in [-0.2, 0) is 9.59 Å². The summed E-state index contributed by atoms with van der Waals surface area (Å²) in [5.74, 6) is -2.28. The minimum Gasteiger partial charge on any atom is -0.423 e. The molecule has 0 saturated heterocycles. The normalized spacial score (nSPS) is 10.8. The standard InChI is InChI=1S/C30H24FN3O4/c31-25-13-7-12-24(18-25)30(37)38-26-16-14-21(15-17-26)19-33-34-27(35)20-32-29(36)28(22-8-3-1-4-9-22)23-10-5-2-6-11-23/h1-19,28H,20H2,(H,32,36)(H,34,35)/b33-19+. The molecule has 0 aliphatic heterocycles. The predicted octanol–water partition coefficient (Wildman–Crippen LogP) is 4.44. The number of nitrogens with zero attached hydrogens (tertiary/aromatic N) is 1. The molecule has 0 saturated carbocycles. The van der Waals surface area contributed by atoms with Crippen LogP contribution in [0.4, 0.5) is 4.39 Å². The minimum absolute atomic E-state index is 0.101. The van der Waals surface area contributed by atoms with E-state index in [1.54, 1.807) is 24.3 Å². The maximum atomic E-state index is 13.3. The molecule has 8 heteroatoms. The van der Waals surface area contributed by atoms with Crippen molar-refractivity contribution in [2.24, 2.45) is 5.10 Å². The quantitative estimate of drug-likeness (QED) is 0.151. The molecule has 38 heavy (non-hydrogen) atoms. The van der Waals surface area contributed by atoms with Crippen LogP contribution in [0.1, 0.15) is 33.0 Å². The van der Waals surface area contributed by atoms with Gasteiger partial charge in [0.15, 0.2) is 0 Å². The molecule has 0 radical (unpaired) electrons. The molecule has 4 aromatic rings. The van der Waals surface area contributed by atoms with E-state index >= 15 is 0 Å². The summed E-state index contributed by atoms with van der Waals surface area (Å²) in [5.41, 5.74) is 4.75. The Bertz CT molecular complexity index is 1390. The average molecular weight is 510 g/mol. The summed E-state index contributed by atoms with van der Waals surface area (Å²) < 4.78 is 18.5. The van der Waals surface area contributed by atoms with Gasteiger partial charge in [-0.25, -0.2) is 14.6 Å². The predicted molar refractivity (Wildman–Crippen MR) is 141 cm³/mol. The van der Waals surface area contributed by atoms with Gasteiger partial charge in [0, 0.05) is 0 Å². The van der Waals surface area contributed by atoms with Crippen molar-refractivity contribution >= 4 is 24.0 Å². The zero-order chi connectivity index (χ0) is 26.7. The number of hydrogen-bond acceptors (Lipinski definition) is 5. The second-order valence-electron chi connectivity index (χ2n) is 8.23. The molecule has 190 valence electrons.